The summed E-state index contributed by atoms with van der Waals surface area (Å²) in [6.45, 7) is 6.26. The van der Waals surface area contributed by atoms with Gasteiger partial charge in [-0.15, -0.1) is 0 Å². The Hall–Kier alpha value is -3.09. The van der Waals surface area contributed by atoms with Crippen LogP contribution in [0.4, 0.5) is 36.3 Å². The van der Waals surface area contributed by atoms with Crippen molar-refractivity contribution >= 4 is 23.1 Å². The average Bonchev–Trinajstić information content (AvgIpc) is 2.73. The molecule has 31 heavy (non-hydrogen) atoms. The summed E-state index contributed by atoms with van der Waals surface area (Å²) in [4.78, 5) is 7.98. The molecular formula is C24H27F3N4. The van der Waals surface area contributed by atoms with Gasteiger partial charge in [0.25, 0.3) is 0 Å². The first-order valence-electron chi connectivity index (χ1n) is 10.4. The molecule has 0 aliphatic carbocycles. The van der Waals surface area contributed by atoms with Crippen molar-refractivity contribution < 1.29 is 13.2 Å². The number of hydrogen-bond donors (Lipinski definition) is 2. The van der Waals surface area contributed by atoms with E-state index in [1.165, 1.54) is 5.56 Å². The predicted molar refractivity (Wildman–Crippen MR) is 119 cm³/mol. The van der Waals surface area contributed by atoms with E-state index in [4.69, 9.17) is 0 Å². The summed E-state index contributed by atoms with van der Waals surface area (Å²) in [5.41, 5.74) is 2.65. The second kappa shape index (κ2) is 9.81. The highest BCUT2D eigenvalue weighted by atomic mass is 19.4. The average molecular weight is 429 g/mol. The Kier molecular flexibility index (Phi) is 7.15. The zero-order valence-corrected chi connectivity index (χ0v) is 17.9. The summed E-state index contributed by atoms with van der Waals surface area (Å²) in [7, 11) is 0. The monoisotopic (exact) mass is 428 g/mol. The molecule has 0 atom stereocenters. The Labute approximate surface area is 181 Å². The molecule has 2 N–H and O–H groups in total. The largest absolute Gasteiger partial charge is 0.421 e. The molecule has 0 aliphatic rings. The summed E-state index contributed by atoms with van der Waals surface area (Å²) in [5.74, 6) is 0.139. The fourth-order valence-electron chi connectivity index (χ4n) is 3.10. The number of nitrogens with zero attached hydrogens (tertiary/aromatic N) is 2. The van der Waals surface area contributed by atoms with Gasteiger partial charge in [0.2, 0.25) is 5.95 Å². The minimum atomic E-state index is -4.57. The van der Waals surface area contributed by atoms with Gasteiger partial charge in [-0.2, -0.15) is 18.2 Å². The summed E-state index contributed by atoms with van der Waals surface area (Å²) >= 11 is 0. The van der Waals surface area contributed by atoms with Crippen LogP contribution in [0.2, 0.25) is 0 Å². The third-order valence-electron chi connectivity index (χ3n) is 4.96. The van der Waals surface area contributed by atoms with Gasteiger partial charge in [0, 0.05) is 17.6 Å². The third kappa shape index (κ3) is 6.20. The van der Waals surface area contributed by atoms with Crippen molar-refractivity contribution in [2.75, 3.05) is 10.6 Å². The van der Waals surface area contributed by atoms with E-state index in [0.717, 1.165) is 31.0 Å². The normalized spacial score (nSPS) is 11.6. The van der Waals surface area contributed by atoms with Gasteiger partial charge in [-0.05, 0) is 54.2 Å². The summed E-state index contributed by atoms with van der Waals surface area (Å²) in [5, 5.41) is 5.78. The number of halogens is 3. The Balaban J connectivity index is 1.83. The number of aryl methyl sites for hydroxylation is 1. The lowest BCUT2D eigenvalue weighted by molar-refractivity contribution is -0.137. The number of aromatic nitrogens is 2. The second-order valence-corrected chi connectivity index (χ2v) is 7.78. The molecule has 3 aromatic rings. The number of nitrogens with one attached hydrogen (secondary N) is 2. The van der Waals surface area contributed by atoms with E-state index in [1.807, 2.05) is 36.4 Å². The number of benzene rings is 2. The van der Waals surface area contributed by atoms with Crippen LogP contribution >= 0.6 is 0 Å². The van der Waals surface area contributed by atoms with Crippen molar-refractivity contribution in [2.45, 2.75) is 52.1 Å². The quantitative estimate of drug-likeness (QED) is 0.391. The van der Waals surface area contributed by atoms with Crippen LogP contribution < -0.4 is 10.6 Å². The highest BCUT2D eigenvalue weighted by Gasteiger charge is 2.35. The lowest BCUT2D eigenvalue weighted by Crippen LogP contribution is -2.12. The molecule has 2 aromatic carbocycles. The standard InChI is InChI=1S/C24H27F3N4/c1-4-5-6-17-7-11-20(12-8-17)30-23-28-15-21(24(25,26)27)22(31-23)29-19-13-9-18(10-14-19)16(2)3/h7-16H,4-6H2,1-3H3,(H2,28,29,30,31). The zero-order valence-electron chi connectivity index (χ0n) is 17.9. The molecule has 0 bridgehead atoms. The Morgan fingerprint density at radius 1 is 0.903 bits per heavy atom. The van der Waals surface area contributed by atoms with Gasteiger partial charge in [0.15, 0.2) is 0 Å². The predicted octanol–water partition coefficient (Wildman–Crippen LogP) is 7.45. The van der Waals surface area contributed by atoms with Crippen LogP contribution in [0, 0.1) is 0 Å². The fourth-order valence-corrected chi connectivity index (χ4v) is 3.10. The van der Waals surface area contributed by atoms with Crippen LogP contribution in [0.1, 0.15) is 56.2 Å². The van der Waals surface area contributed by atoms with Crippen LogP contribution in [0.25, 0.3) is 0 Å². The highest BCUT2D eigenvalue weighted by Crippen LogP contribution is 2.35. The summed E-state index contributed by atoms with van der Waals surface area (Å²) in [6, 6.07) is 15.0. The zero-order chi connectivity index (χ0) is 22.4. The van der Waals surface area contributed by atoms with Crippen molar-refractivity contribution in [3.05, 3.63) is 71.4 Å². The van der Waals surface area contributed by atoms with E-state index in [0.29, 0.717) is 17.3 Å². The summed E-state index contributed by atoms with van der Waals surface area (Å²) in [6.07, 6.45) is -0.538. The van der Waals surface area contributed by atoms with Crippen LogP contribution in [0.5, 0.6) is 0 Å². The Morgan fingerprint density at radius 3 is 2.10 bits per heavy atom. The molecule has 3 rings (SSSR count). The molecule has 0 saturated heterocycles. The first-order valence-corrected chi connectivity index (χ1v) is 10.4. The maximum Gasteiger partial charge on any atom is 0.421 e. The van der Waals surface area contributed by atoms with Gasteiger partial charge in [0.05, 0.1) is 0 Å². The van der Waals surface area contributed by atoms with E-state index < -0.39 is 11.7 Å². The molecule has 4 nitrogen and oxygen atoms in total. The molecule has 0 spiro atoms. The number of unbranched alkanes of at least 4 members (excludes halogenated alkanes) is 1. The summed E-state index contributed by atoms with van der Waals surface area (Å²) < 4.78 is 40.5. The van der Waals surface area contributed by atoms with Crippen LogP contribution in [0.3, 0.4) is 0 Å². The van der Waals surface area contributed by atoms with Crippen molar-refractivity contribution in [1.82, 2.24) is 9.97 Å². The van der Waals surface area contributed by atoms with Crippen LogP contribution in [-0.2, 0) is 12.6 Å². The highest BCUT2D eigenvalue weighted by molar-refractivity contribution is 5.63. The first-order chi connectivity index (χ1) is 14.8. The topological polar surface area (TPSA) is 49.8 Å². The van der Waals surface area contributed by atoms with Crippen molar-refractivity contribution in [3.8, 4) is 0 Å². The van der Waals surface area contributed by atoms with Crippen molar-refractivity contribution in [2.24, 2.45) is 0 Å². The van der Waals surface area contributed by atoms with Crippen LogP contribution in [-0.4, -0.2) is 9.97 Å². The fraction of sp³-hybridized carbons (Fsp3) is 0.333. The Morgan fingerprint density at radius 2 is 1.52 bits per heavy atom. The smallest absolute Gasteiger partial charge is 0.340 e. The molecule has 0 fully saturated rings. The molecular weight excluding hydrogens is 401 g/mol. The lowest BCUT2D eigenvalue weighted by atomic mass is 10.0. The van der Waals surface area contributed by atoms with Crippen LogP contribution in [0.15, 0.2) is 54.7 Å². The van der Waals surface area contributed by atoms with Gasteiger partial charge in [0.1, 0.15) is 11.4 Å². The molecule has 1 heterocycles. The van der Waals surface area contributed by atoms with Crippen molar-refractivity contribution in [1.29, 1.82) is 0 Å². The van der Waals surface area contributed by atoms with Gasteiger partial charge < -0.3 is 10.6 Å². The molecule has 0 saturated carbocycles. The minimum absolute atomic E-state index is 0.0932. The maximum atomic E-state index is 13.5. The number of hydrogen-bond acceptors (Lipinski definition) is 4. The first kappa shape index (κ1) is 22.6. The van der Waals surface area contributed by atoms with Gasteiger partial charge in [-0.1, -0.05) is 51.5 Å². The number of anilines is 4. The molecule has 0 unspecified atom stereocenters. The lowest BCUT2D eigenvalue weighted by Gasteiger charge is -2.15. The molecule has 1 aromatic heterocycles. The molecule has 7 heteroatoms. The van der Waals surface area contributed by atoms with E-state index in [1.54, 1.807) is 12.1 Å². The van der Waals surface area contributed by atoms with Gasteiger partial charge >= 0.3 is 6.18 Å². The molecule has 164 valence electrons. The van der Waals surface area contributed by atoms with E-state index in [9.17, 15) is 13.2 Å². The van der Waals surface area contributed by atoms with Crippen molar-refractivity contribution in [3.63, 3.8) is 0 Å². The van der Waals surface area contributed by atoms with E-state index in [2.05, 4.69) is 41.4 Å². The van der Waals surface area contributed by atoms with Gasteiger partial charge in [-0.3, -0.25) is 0 Å². The third-order valence-corrected chi connectivity index (χ3v) is 4.96. The number of rotatable bonds is 8. The maximum absolute atomic E-state index is 13.5. The van der Waals surface area contributed by atoms with Gasteiger partial charge in [-0.25, -0.2) is 4.98 Å². The number of alkyl halides is 3. The second-order valence-electron chi connectivity index (χ2n) is 7.78. The Bertz CT molecular complexity index is 981. The SMILES string of the molecule is CCCCc1ccc(Nc2ncc(C(F)(F)F)c(Nc3ccc(C(C)C)cc3)n2)cc1. The van der Waals surface area contributed by atoms with E-state index in [-0.39, 0.29) is 11.8 Å². The molecule has 0 amide bonds. The minimum Gasteiger partial charge on any atom is -0.340 e. The molecule has 0 radical (unpaired) electrons. The molecule has 0 aliphatic heterocycles. The van der Waals surface area contributed by atoms with E-state index >= 15 is 0 Å².